The molecule has 0 spiro atoms. The Labute approximate surface area is 152 Å². The van der Waals surface area contributed by atoms with Crippen LogP contribution in [0.1, 0.15) is 38.4 Å². The Morgan fingerprint density at radius 1 is 1.28 bits per heavy atom. The molecule has 1 saturated heterocycles. The summed E-state index contributed by atoms with van der Waals surface area (Å²) in [5.74, 6) is 1.91. The van der Waals surface area contributed by atoms with Crippen LogP contribution >= 0.6 is 0 Å². The van der Waals surface area contributed by atoms with Gasteiger partial charge in [0, 0.05) is 45.9 Å². The number of hydrogen-bond donors (Lipinski definition) is 2. The molecule has 5 heteroatoms. The number of nitrogens with zero attached hydrogens (tertiary/aromatic N) is 1. The Bertz CT molecular complexity index is 505. The molecule has 25 heavy (non-hydrogen) atoms. The Morgan fingerprint density at radius 3 is 2.80 bits per heavy atom. The lowest BCUT2D eigenvalue weighted by molar-refractivity contribution is 0.0915. The third-order valence-electron chi connectivity index (χ3n) is 4.31. The Morgan fingerprint density at radius 2 is 2.08 bits per heavy atom. The molecule has 1 fully saturated rings. The van der Waals surface area contributed by atoms with Crippen molar-refractivity contribution in [2.24, 2.45) is 16.8 Å². The van der Waals surface area contributed by atoms with Gasteiger partial charge in [0.05, 0.1) is 6.10 Å². The van der Waals surface area contributed by atoms with Gasteiger partial charge in [-0.15, -0.1) is 0 Å². The van der Waals surface area contributed by atoms with E-state index in [1.54, 1.807) is 0 Å². The zero-order valence-electron chi connectivity index (χ0n) is 15.8. The third-order valence-corrected chi connectivity index (χ3v) is 4.31. The molecule has 2 unspecified atom stereocenters. The van der Waals surface area contributed by atoms with Gasteiger partial charge in [0.1, 0.15) is 0 Å². The molecule has 0 bridgehead atoms. The minimum Gasteiger partial charge on any atom is -0.381 e. The minimum atomic E-state index is 0.177. The predicted octanol–water partition coefficient (Wildman–Crippen LogP) is 2.99. The highest BCUT2D eigenvalue weighted by Crippen LogP contribution is 2.33. The van der Waals surface area contributed by atoms with E-state index in [0.29, 0.717) is 11.8 Å². The average molecular weight is 348 g/mol. The van der Waals surface area contributed by atoms with Crippen molar-refractivity contribution in [1.82, 2.24) is 10.6 Å². The van der Waals surface area contributed by atoms with Crippen molar-refractivity contribution >= 4 is 5.96 Å². The molecule has 0 saturated carbocycles. The smallest absolute Gasteiger partial charge is 0.190 e. The van der Waals surface area contributed by atoms with E-state index in [-0.39, 0.29) is 6.10 Å². The van der Waals surface area contributed by atoms with Crippen molar-refractivity contribution in [3.05, 3.63) is 35.9 Å². The number of nitrogens with one attached hydrogen (secondary N) is 2. The summed E-state index contributed by atoms with van der Waals surface area (Å²) in [7, 11) is 1.81. The number of aliphatic imine (C=N–C) groups is 1. The van der Waals surface area contributed by atoms with E-state index < -0.39 is 0 Å². The largest absolute Gasteiger partial charge is 0.381 e. The quantitative estimate of drug-likeness (QED) is 0.410. The van der Waals surface area contributed by atoms with Gasteiger partial charge >= 0.3 is 0 Å². The van der Waals surface area contributed by atoms with Gasteiger partial charge < -0.3 is 20.1 Å². The summed E-state index contributed by atoms with van der Waals surface area (Å²) >= 11 is 0. The van der Waals surface area contributed by atoms with Gasteiger partial charge in [0.25, 0.3) is 0 Å². The second-order valence-electron chi connectivity index (χ2n) is 6.95. The van der Waals surface area contributed by atoms with Crippen LogP contribution in [0.2, 0.25) is 0 Å². The van der Waals surface area contributed by atoms with Crippen LogP contribution in [-0.4, -0.2) is 45.9 Å². The molecule has 1 aliphatic rings. The average Bonchev–Trinajstić information content (AvgIpc) is 3.09. The molecule has 1 aliphatic heterocycles. The summed E-state index contributed by atoms with van der Waals surface area (Å²) in [4.78, 5) is 4.31. The molecule has 2 N–H and O–H groups in total. The van der Waals surface area contributed by atoms with Crippen LogP contribution in [0.25, 0.3) is 0 Å². The van der Waals surface area contributed by atoms with E-state index in [2.05, 4.69) is 53.7 Å². The zero-order valence-corrected chi connectivity index (χ0v) is 15.8. The van der Waals surface area contributed by atoms with Crippen molar-refractivity contribution in [2.75, 3.05) is 40.0 Å². The van der Waals surface area contributed by atoms with E-state index >= 15 is 0 Å². The van der Waals surface area contributed by atoms with Crippen LogP contribution in [0.4, 0.5) is 0 Å². The molecule has 1 aromatic carbocycles. The predicted molar refractivity (Wildman–Crippen MR) is 103 cm³/mol. The van der Waals surface area contributed by atoms with Gasteiger partial charge in [0.15, 0.2) is 5.96 Å². The van der Waals surface area contributed by atoms with Crippen molar-refractivity contribution < 1.29 is 9.47 Å². The summed E-state index contributed by atoms with van der Waals surface area (Å²) in [6.07, 6.45) is 2.23. The molecule has 0 amide bonds. The zero-order chi connectivity index (χ0) is 17.9. The second-order valence-corrected chi connectivity index (χ2v) is 6.95. The van der Waals surface area contributed by atoms with Crippen molar-refractivity contribution in [2.45, 2.75) is 32.8 Å². The number of rotatable bonds is 9. The number of ether oxygens (including phenoxy) is 2. The topological polar surface area (TPSA) is 54.9 Å². The second kappa shape index (κ2) is 11.1. The lowest BCUT2D eigenvalue weighted by atomic mass is 9.95. The lowest BCUT2D eigenvalue weighted by Gasteiger charge is -2.21. The number of guanidine groups is 1. The van der Waals surface area contributed by atoms with E-state index in [0.717, 1.165) is 51.7 Å². The van der Waals surface area contributed by atoms with Crippen LogP contribution in [0.15, 0.2) is 35.3 Å². The molecule has 0 aliphatic carbocycles. The van der Waals surface area contributed by atoms with Crippen molar-refractivity contribution in [3.8, 4) is 0 Å². The van der Waals surface area contributed by atoms with Crippen LogP contribution in [0.5, 0.6) is 0 Å². The molecular formula is C20H33N3O2. The molecule has 1 heterocycles. The molecule has 0 aromatic heterocycles. The van der Waals surface area contributed by atoms with E-state index in [9.17, 15) is 0 Å². The Balaban J connectivity index is 1.68. The maximum absolute atomic E-state index is 5.95. The fourth-order valence-corrected chi connectivity index (χ4v) is 3.00. The van der Waals surface area contributed by atoms with Gasteiger partial charge in [-0.3, -0.25) is 4.99 Å². The molecule has 0 radical (unpaired) electrons. The standard InChI is InChI=1S/C20H33N3O2/c1-16(2)15-24-12-7-11-22-20(21-3)23-14-18-10-13-25-19(18)17-8-5-4-6-9-17/h4-6,8-9,16,18-19H,7,10-15H2,1-3H3,(H2,21,22,23). The molecule has 5 nitrogen and oxygen atoms in total. The summed E-state index contributed by atoms with van der Waals surface area (Å²) in [5.41, 5.74) is 1.26. The van der Waals surface area contributed by atoms with E-state index in [1.807, 2.05) is 13.1 Å². The maximum atomic E-state index is 5.95. The summed E-state index contributed by atoms with van der Waals surface area (Å²) in [6, 6.07) is 10.5. The summed E-state index contributed by atoms with van der Waals surface area (Å²) in [5, 5.41) is 6.79. The maximum Gasteiger partial charge on any atom is 0.190 e. The van der Waals surface area contributed by atoms with E-state index in [4.69, 9.17) is 9.47 Å². The number of hydrogen-bond acceptors (Lipinski definition) is 3. The molecule has 2 atom stereocenters. The minimum absolute atomic E-state index is 0.177. The van der Waals surface area contributed by atoms with Gasteiger partial charge in [-0.2, -0.15) is 0 Å². The van der Waals surface area contributed by atoms with Gasteiger partial charge in [0.2, 0.25) is 0 Å². The highest BCUT2D eigenvalue weighted by atomic mass is 16.5. The molecule has 140 valence electrons. The van der Waals surface area contributed by atoms with Gasteiger partial charge in [-0.05, 0) is 24.3 Å². The first kappa shape index (κ1) is 19.7. The fraction of sp³-hybridized carbons (Fsp3) is 0.650. The monoisotopic (exact) mass is 347 g/mol. The van der Waals surface area contributed by atoms with Crippen molar-refractivity contribution in [1.29, 1.82) is 0 Å². The van der Waals surface area contributed by atoms with Crippen LogP contribution in [0.3, 0.4) is 0 Å². The summed E-state index contributed by atoms with van der Waals surface area (Å²) < 4.78 is 11.5. The first-order chi connectivity index (χ1) is 12.2. The van der Waals surface area contributed by atoms with Crippen LogP contribution in [-0.2, 0) is 9.47 Å². The van der Waals surface area contributed by atoms with Gasteiger partial charge in [-0.25, -0.2) is 0 Å². The molecule has 2 rings (SSSR count). The van der Waals surface area contributed by atoms with Crippen molar-refractivity contribution in [3.63, 3.8) is 0 Å². The Hall–Kier alpha value is -1.59. The molecular weight excluding hydrogens is 314 g/mol. The highest BCUT2D eigenvalue weighted by molar-refractivity contribution is 5.79. The fourth-order valence-electron chi connectivity index (χ4n) is 3.00. The summed E-state index contributed by atoms with van der Waals surface area (Å²) in [6.45, 7) is 8.50. The Kier molecular flexibility index (Phi) is 8.77. The first-order valence-corrected chi connectivity index (χ1v) is 9.39. The first-order valence-electron chi connectivity index (χ1n) is 9.39. The van der Waals surface area contributed by atoms with Crippen LogP contribution < -0.4 is 10.6 Å². The molecule has 1 aromatic rings. The lowest BCUT2D eigenvalue weighted by Crippen LogP contribution is -2.40. The SMILES string of the molecule is CN=C(NCCCOCC(C)C)NCC1CCOC1c1ccccc1. The third kappa shape index (κ3) is 7.04. The highest BCUT2D eigenvalue weighted by Gasteiger charge is 2.29. The number of benzene rings is 1. The van der Waals surface area contributed by atoms with E-state index in [1.165, 1.54) is 5.56 Å². The van der Waals surface area contributed by atoms with Gasteiger partial charge in [-0.1, -0.05) is 44.2 Å². The van der Waals surface area contributed by atoms with Crippen LogP contribution in [0, 0.1) is 11.8 Å². The normalized spacial score (nSPS) is 20.9.